The van der Waals surface area contributed by atoms with Gasteiger partial charge in [0.15, 0.2) is 17.1 Å². The first kappa shape index (κ1) is 31.9. The molecule has 3 fully saturated rings. The number of rotatable bonds is 8. The van der Waals surface area contributed by atoms with E-state index < -0.39 is 63.8 Å². The summed E-state index contributed by atoms with van der Waals surface area (Å²) in [6, 6.07) is 0.532. The number of anilines is 1. The first-order valence-corrected chi connectivity index (χ1v) is 15.5. The Morgan fingerprint density at radius 1 is 1.04 bits per heavy atom. The highest BCUT2D eigenvalue weighted by Gasteiger charge is 2.64. The van der Waals surface area contributed by atoms with E-state index in [0.717, 1.165) is 39.0 Å². The Morgan fingerprint density at radius 3 is 2.15 bits per heavy atom. The first-order valence-electron chi connectivity index (χ1n) is 15.5. The number of Topliss-reactive ketones (excluding diaryl/α,β-unsaturated/α-hetero) is 2. The van der Waals surface area contributed by atoms with Crippen LogP contribution in [0, 0.1) is 11.8 Å². The average Bonchev–Trinajstić information content (AvgIpc) is 2.89. The normalized spacial score (nSPS) is 28.6. The number of carbonyl (C=O) groups is 3. The molecule has 6 rings (SSSR count). The van der Waals surface area contributed by atoms with Crippen molar-refractivity contribution in [2.24, 2.45) is 28.3 Å². The van der Waals surface area contributed by atoms with Crippen molar-refractivity contribution in [3.63, 3.8) is 0 Å². The van der Waals surface area contributed by atoms with E-state index in [0.29, 0.717) is 17.8 Å². The van der Waals surface area contributed by atoms with Crippen molar-refractivity contribution in [3.8, 4) is 5.75 Å². The second-order valence-corrected chi connectivity index (χ2v) is 13.2. The van der Waals surface area contributed by atoms with Gasteiger partial charge in [0, 0.05) is 57.5 Å². The molecule has 1 aromatic rings. The number of hydrogen-bond donors (Lipinski definition) is 6. The third-order valence-electron chi connectivity index (χ3n) is 10.0. The van der Waals surface area contributed by atoms with Crippen LogP contribution in [0.15, 0.2) is 28.0 Å². The molecule has 0 radical (unpaired) electrons. The minimum Gasteiger partial charge on any atom is -0.508 e. The number of hydrogen-bond acceptors (Lipinski definition) is 13. The molecular weight excluding hydrogens is 596 g/mol. The van der Waals surface area contributed by atoms with Crippen molar-refractivity contribution in [2.45, 2.75) is 37.3 Å². The van der Waals surface area contributed by atoms with Crippen molar-refractivity contribution < 1.29 is 34.8 Å². The topological polar surface area (TPSA) is 213 Å². The Labute approximate surface area is 266 Å². The van der Waals surface area contributed by atoms with E-state index in [2.05, 4.69) is 20.1 Å². The number of primary amides is 1. The fourth-order valence-corrected chi connectivity index (χ4v) is 7.54. The van der Waals surface area contributed by atoms with Gasteiger partial charge in [-0.05, 0) is 57.3 Å². The maximum atomic E-state index is 14.2. The van der Waals surface area contributed by atoms with E-state index in [1.165, 1.54) is 4.90 Å². The summed E-state index contributed by atoms with van der Waals surface area (Å²) in [5.41, 5.74) is 9.31. The number of hydrazine groups is 2. The van der Waals surface area contributed by atoms with Gasteiger partial charge in [-0.1, -0.05) is 0 Å². The zero-order valence-electron chi connectivity index (χ0n) is 26.5. The summed E-state index contributed by atoms with van der Waals surface area (Å²) in [6.45, 7) is 3.96. The molecule has 0 aromatic heterocycles. The van der Waals surface area contributed by atoms with Gasteiger partial charge >= 0.3 is 0 Å². The molecule has 1 amide bonds. The number of aliphatic hydroxyl groups is 3. The Balaban J connectivity index is 1.45. The molecule has 248 valence electrons. The maximum Gasteiger partial charge on any atom is 0.255 e. The SMILES string of the molecule is CN(C)c1cc(N=C(N)CN(N2CCC2)N2CCC2)c(O)c2c1CC1CC3[C@H](N(C)C)C(=O)C(C(N)=O)=C(O)[C@@]3(O)C(=O)C1=C2O. The molecule has 2 heterocycles. The lowest BCUT2D eigenvalue weighted by Crippen LogP contribution is -2.65. The number of likely N-dealkylation sites (N-methyl/N-ethyl adjacent to an activating group) is 1. The number of ketones is 2. The lowest BCUT2D eigenvalue weighted by molar-refractivity contribution is -0.225. The number of amidine groups is 1. The van der Waals surface area contributed by atoms with Crippen molar-refractivity contribution in [2.75, 3.05) is 65.8 Å². The Hall–Kier alpha value is -4.02. The smallest absolute Gasteiger partial charge is 0.255 e. The number of phenols is 1. The van der Waals surface area contributed by atoms with Crippen molar-refractivity contribution in [1.29, 1.82) is 0 Å². The van der Waals surface area contributed by atoms with Crippen LogP contribution >= 0.6 is 0 Å². The lowest BCUT2D eigenvalue weighted by atomic mass is 9.57. The van der Waals surface area contributed by atoms with Gasteiger partial charge in [0.1, 0.15) is 28.6 Å². The number of carbonyl (C=O) groups excluding carboxylic acids is 3. The quantitative estimate of drug-likeness (QED) is 0.121. The van der Waals surface area contributed by atoms with Gasteiger partial charge in [-0.2, -0.15) is 5.12 Å². The maximum absolute atomic E-state index is 14.2. The van der Waals surface area contributed by atoms with Gasteiger partial charge in [0.05, 0.1) is 18.2 Å². The van der Waals surface area contributed by atoms with Crippen LogP contribution in [0.2, 0.25) is 0 Å². The Bertz CT molecular complexity index is 1600. The molecule has 15 nitrogen and oxygen atoms in total. The van der Waals surface area contributed by atoms with Gasteiger partial charge in [0.25, 0.3) is 5.91 Å². The number of aliphatic imine (C=N–C) groups is 1. The summed E-state index contributed by atoms with van der Waals surface area (Å²) in [7, 11) is 6.73. The molecule has 15 heteroatoms. The number of nitrogens with zero attached hydrogens (tertiary/aromatic N) is 6. The summed E-state index contributed by atoms with van der Waals surface area (Å²) in [5, 5.41) is 52.7. The van der Waals surface area contributed by atoms with E-state index in [-0.39, 0.29) is 35.5 Å². The number of amides is 1. The van der Waals surface area contributed by atoms with Crippen LogP contribution in [0.1, 0.15) is 30.4 Å². The molecule has 1 saturated carbocycles. The van der Waals surface area contributed by atoms with Gasteiger partial charge in [-0.25, -0.2) is 15.0 Å². The highest BCUT2D eigenvalue weighted by molar-refractivity contribution is 6.24. The van der Waals surface area contributed by atoms with Crippen LogP contribution < -0.4 is 16.4 Å². The summed E-state index contributed by atoms with van der Waals surface area (Å²) >= 11 is 0. The number of phenolic OH excluding ortho intramolecular Hbond substituents is 1. The highest BCUT2D eigenvalue weighted by Crippen LogP contribution is 2.55. The standard InChI is InChI=1S/C31H42N8O7/c1-35(2)19-13-18(34-20(32)14-39(37-7-5-8-37)38-9-6-10-38)25(40)22-16(19)11-15-12-17-24(36(3)4)27(42)23(30(33)45)29(44)31(17,46)28(43)21(15)26(22)41/h13,15,17,24,40-41,44,46H,5-12,14H2,1-4H3,(H2,32,34)(H2,33,45)/t15?,17?,24-,31-/m0/s1. The zero-order chi connectivity index (χ0) is 33.4. The zero-order valence-corrected chi connectivity index (χ0v) is 26.5. The molecule has 2 aliphatic heterocycles. The fourth-order valence-electron chi connectivity index (χ4n) is 7.54. The van der Waals surface area contributed by atoms with E-state index in [4.69, 9.17) is 11.5 Å². The summed E-state index contributed by atoms with van der Waals surface area (Å²) < 4.78 is 0. The Morgan fingerprint density at radius 2 is 1.65 bits per heavy atom. The van der Waals surface area contributed by atoms with Crippen LogP contribution in [-0.2, 0) is 20.8 Å². The third kappa shape index (κ3) is 4.68. The predicted octanol–water partition coefficient (Wildman–Crippen LogP) is -0.438. The van der Waals surface area contributed by atoms with Crippen LogP contribution in [0.3, 0.4) is 0 Å². The highest BCUT2D eigenvalue weighted by atomic mass is 16.3. The number of fused-ring (bicyclic) bond motifs is 3. The van der Waals surface area contributed by atoms with E-state index in [1.54, 1.807) is 39.2 Å². The molecular formula is C31H42N8O7. The molecule has 5 aliphatic rings. The number of benzene rings is 1. The van der Waals surface area contributed by atoms with Gasteiger partial charge in [0.2, 0.25) is 5.78 Å². The van der Waals surface area contributed by atoms with Gasteiger partial charge in [-0.15, -0.1) is 0 Å². The fraction of sp³-hybridized carbons (Fsp3) is 0.548. The molecule has 46 heavy (non-hydrogen) atoms. The molecule has 1 aromatic carbocycles. The second-order valence-electron chi connectivity index (χ2n) is 13.2. The number of aliphatic hydroxyl groups excluding tert-OH is 2. The van der Waals surface area contributed by atoms with Crippen molar-refractivity contribution in [3.05, 3.63) is 34.1 Å². The van der Waals surface area contributed by atoms with Crippen LogP contribution in [-0.4, -0.2) is 136 Å². The minimum absolute atomic E-state index is 0.00901. The van der Waals surface area contributed by atoms with Crippen molar-refractivity contribution >= 4 is 40.4 Å². The molecule has 4 atom stereocenters. The number of nitrogens with two attached hydrogens (primary N) is 2. The molecule has 8 N–H and O–H groups in total. The monoisotopic (exact) mass is 638 g/mol. The average molecular weight is 639 g/mol. The summed E-state index contributed by atoms with van der Waals surface area (Å²) in [4.78, 5) is 47.6. The van der Waals surface area contributed by atoms with E-state index in [1.807, 2.05) is 0 Å². The number of aromatic hydroxyl groups is 1. The van der Waals surface area contributed by atoms with E-state index in [9.17, 15) is 34.8 Å². The first-order chi connectivity index (χ1) is 21.7. The summed E-state index contributed by atoms with van der Waals surface area (Å²) in [6.07, 6.45) is 2.36. The minimum atomic E-state index is -2.71. The molecule has 2 saturated heterocycles. The van der Waals surface area contributed by atoms with Gasteiger partial charge < -0.3 is 36.8 Å². The molecule has 2 unspecified atom stereocenters. The lowest BCUT2D eigenvalue weighted by Gasteiger charge is -2.50. The van der Waals surface area contributed by atoms with Crippen LogP contribution in [0.4, 0.5) is 11.4 Å². The Kier molecular flexibility index (Phi) is 7.88. The van der Waals surface area contributed by atoms with Crippen molar-refractivity contribution in [1.82, 2.24) is 20.0 Å². The summed E-state index contributed by atoms with van der Waals surface area (Å²) in [5.74, 6) is -6.81. The molecule has 0 bridgehead atoms. The molecule has 3 aliphatic carbocycles. The largest absolute Gasteiger partial charge is 0.508 e. The van der Waals surface area contributed by atoms with E-state index >= 15 is 0 Å². The van der Waals surface area contributed by atoms with Crippen LogP contribution in [0.25, 0.3) is 5.76 Å². The molecule has 0 spiro atoms. The second kappa shape index (κ2) is 11.3. The third-order valence-corrected chi connectivity index (χ3v) is 10.0. The predicted molar refractivity (Wildman–Crippen MR) is 169 cm³/mol. The van der Waals surface area contributed by atoms with Gasteiger partial charge in [-0.3, -0.25) is 19.3 Å². The van der Waals surface area contributed by atoms with Crippen LogP contribution in [0.5, 0.6) is 5.75 Å².